The molecule has 1 aliphatic heterocycles. The molecule has 7 nitrogen and oxygen atoms in total. The fourth-order valence-corrected chi connectivity index (χ4v) is 4.56. The highest BCUT2D eigenvalue weighted by molar-refractivity contribution is 5.81. The normalized spacial score (nSPS) is 24.2. The monoisotopic (exact) mass is 433 g/mol. The molecule has 0 bridgehead atoms. The molecule has 1 amide bonds. The van der Waals surface area contributed by atoms with Gasteiger partial charge in [-0.1, -0.05) is 6.07 Å². The number of benzene rings is 1. The van der Waals surface area contributed by atoms with Gasteiger partial charge in [-0.15, -0.1) is 0 Å². The van der Waals surface area contributed by atoms with Crippen molar-refractivity contribution in [1.29, 1.82) is 0 Å². The van der Waals surface area contributed by atoms with Crippen LogP contribution in [0.5, 0.6) is 11.5 Å². The number of carbonyl (C=O) groups is 2. The van der Waals surface area contributed by atoms with Crippen molar-refractivity contribution in [3.63, 3.8) is 0 Å². The van der Waals surface area contributed by atoms with E-state index in [0.717, 1.165) is 18.4 Å². The molecule has 2 aliphatic rings. The van der Waals surface area contributed by atoms with Crippen LogP contribution in [0.1, 0.15) is 64.9 Å². The Bertz CT molecular complexity index is 811. The molecule has 0 aromatic heterocycles. The average Bonchev–Trinajstić information content (AvgIpc) is 3.34. The molecule has 1 heterocycles. The SMILES string of the molecule is COC(=O)C1(C)CN(C(=O)OC(C)(C)C)CC1c1ccc(OC)c(OC2CCCC2)c1. The minimum absolute atomic E-state index is 0.179. The Labute approximate surface area is 185 Å². The summed E-state index contributed by atoms with van der Waals surface area (Å²) in [6.07, 6.45) is 4.15. The highest BCUT2D eigenvalue weighted by Gasteiger charge is 2.52. The lowest BCUT2D eigenvalue weighted by atomic mass is 9.76. The van der Waals surface area contributed by atoms with Gasteiger partial charge in [0.05, 0.1) is 25.7 Å². The van der Waals surface area contributed by atoms with Crippen LogP contribution in [0.25, 0.3) is 0 Å². The van der Waals surface area contributed by atoms with Crippen molar-refractivity contribution < 1.29 is 28.5 Å². The number of amides is 1. The van der Waals surface area contributed by atoms with Crippen LogP contribution < -0.4 is 9.47 Å². The number of ether oxygens (including phenoxy) is 4. The number of hydrogen-bond acceptors (Lipinski definition) is 6. The standard InChI is InChI=1S/C24H35NO6/c1-23(2,3)31-22(27)25-14-18(24(4,15-25)21(26)29-6)16-11-12-19(28-5)20(13-16)30-17-9-7-8-10-17/h11-13,17-18H,7-10,14-15H2,1-6H3. The quantitative estimate of drug-likeness (QED) is 0.635. The van der Waals surface area contributed by atoms with Gasteiger partial charge in [-0.2, -0.15) is 0 Å². The molecule has 0 spiro atoms. The molecule has 31 heavy (non-hydrogen) atoms. The zero-order valence-corrected chi connectivity index (χ0v) is 19.5. The molecular weight excluding hydrogens is 398 g/mol. The fraction of sp³-hybridized carbons (Fsp3) is 0.667. The summed E-state index contributed by atoms with van der Waals surface area (Å²) in [6.45, 7) is 7.91. The number of hydrogen-bond donors (Lipinski definition) is 0. The summed E-state index contributed by atoms with van der Waals surface area (Å²) in [6, 6.07) is 5.75. The second-order valence-electron chi connectivity index (χ2n) is 9.76. The lowest BCUT2D eigenvalue weighted by molar-refractivity contribution is -0.151. The summed E-state index contributed by atoms with van der Waals surface area (Å²) >= 11 is 0. The first kappa shape index (κ1) is 23.2. The van der Waals surface area contributed by atoms with Crippen LogP contribution in [0.3, 0.4) is 0 Å². The summed E-state index contributed by atoms with van der Waals surface area (Å²) < 4.78 is 22.4. The third-order valence-corrected chi connectivity index (χ3v) is 6.18. The fourth-order valence-electron chi connectivity index (χ4n) is 4.56. The van der Waals surface area contributed by atoms with Crippen molar-refractivity contribution in [3.8, 4) is 11.5 Å². The summed E-state index contributed by atoms with van der Waals surface area (Å²) in [5.41, 5.74) is -0.600. The molecular formula is C24H35NO6. The van der Waals surface area contributed by atoms with Crippen molar-refractivity contribution in [2.45, 2.75) is 71.0 Å². The Morgan fingerprint density at radius 3 is 2.35 bits per heavy atom. The van der Waals surface area contributed by atoms with E-state index in [2.05, 4.69) is 0 Å². The Morgan fingerprint density at radius 2 is 1.77 bits per heavy atom. The van der Waals surface area contributed by atoms with Gasteiger partial charge in [0.2, 0.25) is 0 Å². The van der Waals surface area contributed by atoms with Gasteiger partial charge in [0, 0.05) is 19.0 Å². The molecule has 3 rings (SSSR count). The van der Waals surface area contributed by atoms with Crippen molar-refractivity contribution >= 4 is 12.1 Å². The molecule has 172 valence electrons. The predicted octanol–water partition coefficient (Wildman–Crippen LogP) is 4.53. The van der Waals surface area contributed by atoms with E-state index in [4.69, 9.17) is 18.9 Å². The zero-order chi connectivity index (χ0) is 22.8. The third kappa shape index (κ3) is 5.08. The zero-order valence-electron chi connectivity index (χ0n) is 19.5. The number of likely N-dealkylation sites (tertiary alicyclic amines) is 1. The topological polar surface area (TPSA) is 74.3 Å². The van der Waals surface area contributed by atoms with Gasteiger partial charge in [0.1, 0.15) is 5.60 Å². The van der Waals surface area contributed by atoms with Crippen molar-refractivity contribution in [2.24, 2.45) is 5.41 Å². The molecule has 0 N–H and O–H groups in total. The largest absolute Gasteiger partial charge is 0.493 e. The van der Waals surface area contributed by atoms with Gasteiger partial charge in [-0.25, -0.2) is 4.79 Å². The molecule has 1 aromatic carbocycles. The van der Waals surface area contributed by atoms with Crippen LogP contribution in [-0.4, -0.2) is 56.0 Å². The van der Waals surface area contributed by atoms with E-state index in [1.807, 2.05) is 45.9 Å². The molecule has 2 fully saturated rings. The number of rotatable bonds is 5. The second kappa shape index (κ2) is 8.97. The number of carbonyl (C=O) groups excluding carboxylic acids is 2. The van der Waals surface area contributed by atoms with Crippen molar-refractivity contribution in [2.75, 3.05) is 27.3 Å². The van der Waals surface area contributed by atoms with Gasteiger partial charge < -0.3 is 23.8 Å². The molecule has 0 radical (unpaired) electrons. The van der Waals surface area contributed by atoms with E-state index in [9.17, 15) is 9.59 Å². The highest BCUT2D eigenvalue weighted by Crippen LogP contribution is 2.46. The Balaban J connectivity index is 1.92. The second-order valence-corrected chi connectivity index (χ2v) is 9.76. The lowest BCUT2D eigenvalue weighted by Gasteiger charge is -2.28. The number of esters is 1. The first-order valence-corrected chi connectivity index (χ1v) is 11.0. The Hall–Kier alpha value is -2.44. The molecule has 1 saturated carbocycles. The van der Waals surface area contributed by atoms with E-state index in [1.165, 1.54) is 20.0 Å². The van der Waals surface area contributed by atoms with Crippen LogP contribution in [0.2, 0.25) is 0 Å². The van der Waals surface area contributed by atoms with Gasteiger partial charge >= 0.3 is 12.1 Å². The van der Waals surface area contributed by atoms with Gasteiger partial charge in [-0.05, 0) is 71.1 Å². The summed E-state index contributed by atoms with van der Waals surface area (Å²) in [4.78, 5) is 27.1. The molecule has 1 aromatic rings. The number of nitrogens with zero attached hydrogens (tertiary/aromatic N) is 1. The van der Waals surface area contributed by atoms with Crippen LogP contribution in [-0.2, 0) is 14.3 Å². The maximum absolute atomic E-state index is 12.8. The summed E-state index contributed by atoms with van der Waals surface area (Å²) in [7, 11) is 3.00. The highest BCUT2D eigenvalue weighted by atomic mass is 16.6. The molecule has 7 heteroatoms. The third-order valence-electron chi connectivity index (χ3n) is 6.18. The minimum atomic E-state index is -0.898. The maximum Gasteiger partial charge on any atom is 0.410 e. The maximum atomic E-state index is 12.8. The van der Waals surface area contributed by atoms with E-state index in [0.29, 0.717) is 18.0 Å². The van der Waals surface area contributed by atoms with Crippen molar-refractivity contribution in [1.82, 2.24) is 4.90 Å². The smallest absolute Gasteiger partial charge is 0.410 e. The van der Waals surface area contributed by atoms with Crippen LogP contribution >= 0.6 is 0 Å². The van der Waals surface area contributed by atoms with Gasteiger partial charge in [0.25, 0.3) is 0 Å². The van der Waals surface area contributed by atoms with E-state index in [1.54, 1.807) is 12.0 Å². The first-order valence-electron chi connectivity index (χ1n) is 11.0. The first-order chi connectivity index (χ1) is 14.6. The Morgan fingerprint density at radius 1 is 1.10 bits per heavy atom. The number of methoxy groups -OCH3 is 2. The van der Waals surface area contributed by atoms with Crippen LogP contribution in [0.15, 0.2) is 18.2 Å². The van der Waals surface area contributed by atoms with Gasteiger partial charge in [-0.3, -0.25) is 4.79 Å². The summed E-state index contributed by atoms with van der Waals surface area (Å²) in [5.74, 6) is 0.731. The summed E-state index contributed by atoms with van der Waals surface area (Å²) in [5, 5.41) is 0. The van der Waals surface area contributed by atoms with Crippen molar-refractivity contribution in [3.05, 3.63) is 23.8 Å². The Kier molecular flexibility index (Phi) is 6.72. The predicted molar refractivity (Wildman–Crippen MR) is 117 cm³/mol. The van der Waals surface area contributed by atoms with E-state index < -0.39 is 17.1 Å². The molecule has 1 saturated heterocycles. The molecule has 2 unspecified atom stereocenters. The van der Waals surface area contributed by atoms with E-state index in [-0.39, 0.29) is 24.5 Å². The average molecular weight is 434 g/mol. The molecule has 2 atom stereocenters. The lowest BCUT2D eigenvalue weighted by Crippen LogP contribution is -2.39. The van der Waals surface area contributed by atoms with Crippen LogP contribution in [0.4, 0.5) is 4.79 Å². The molecule has 1 aliphatic carbocycles. The van der Waals surface area contributed by atoms with Crippen LogP contribution in [0, 0.1) is 5.41 Å². The van der Waals surface area contributed by atoms with Gasteiger partial charge in [0.15, 0.2) is 11.5 Å². The van der Waals surface area contributed by atoms with E-state index >= 15 is 0 Å². The minimum Gasteiger partial charge on any atom is -0.493 e.